The van der Waals surface area contributed by atoms with Crippen LogP contribution in [-0.4, -0.2) is 35.8 Å². The quantitative estimate of drug-likeness (QED) is 0.874. The molecule has 3 rings (SSSR count). The van der Waals surface area contributed by atoms with Crippen LogP contribution in [0.4, 0.5) is 5.69 Å². The maximum absolute atomic E-state index is 6.19. The Hall–Kier alpha value is -1.52. The van der Waals surface area contributed by atoms with E-state index < -0.39 is 0 Å². The minimum absolute atomic E-state index is 0.417. The van der Waals surface area contributed by atoms with Crippen LogP contribution in [-0.2, 0) is 11.3 Å². The molecule has 2 aromatic rings. The lowest BCUT2D eigenvalue weighted by atomic mass is 10.1. The largest absolute Gasteiger partial charge is 0.397 e. The summed E-state index contributed by atoms with van der Waals surface area (Å²) in [5.74, 6) is 0. The van der Waals surface area contributed by atoms with Gasteiger partial charge in [0, 0.05) is 37.3 Å². The average molecular weight is 273 g/mol. The standard InChI is InChI=1S/C16H23N3O/c1-12(2)19-11-13(10-18-6-8-20-9-7-18)14-4-3-5-15(17)16(14)19/h3-5,11-12H,6-10,17H2,1-2H3. The highest BCUT2D eigenvalue weighted by molar-refractivity contribution is 5.93. The van der Waals surface area contributed by atoms with Gasteiger partial charge in [0.05, 0.1) is 24.4 Å². The summed E-state index contributed by atoms with van der Waals surface area (Å²) < 4.78 is 7.71. The number of nitrogens with zero attached hydrogens (tertiary/aromatic N) is 2. The fourth-order valence-electron chi connectivity index (χ4n) is 2.94. The van der Waals surface area contributed by atoms with E-state index in [2.05, 4.69) is 35.6 Å². The highest BCUT2D eigenvalue weighted by Gasteiger charge is 2.16. The molecule has 1 aromatic heterocycles. The van der Waals surface area contributed by atoms with E-state index in [9.17, 15) is 0 Å². The van der Waals surface area contributed by atoms with Crippen molar-refractivity contribution in [3.8, 4) is 0 Å². The molecular weight excluding hydrogens is 250 g/mol. The van der Waals surface area contributed by atoms with Crippen LogP contribution >= 0.6 is 0 Å². The van der Waals surface area contributed by atoms with E-state index >= 15 is 0 Å². The fraction of sp³-hybridized carbons (Fsp3) is 0.500. The van der Waals surface area contributed by atoms with Crippen molar-refractivity contribution in [2.24, 2.45) is 0 Å². The molecule has 20 heavy (non-hydrogen) atoms. The van der Waals surface area contributed by atoms with Gasteiger partial charge in [0.15, 0.2) is 0 Å². The van der Waals surface area contributed by atoms with Crippen LogP contribution in [0, 0.1) is 0 Å². The second kappa shape index (κ2) is 5.46. The van der Waals surface area contributed by atoms with E-state index in [4.69, 9.17) is 10.5 Å². The first-order valence-electron chi connectivity index (χ1n) is 7.35. The summed E-state index contributed by atoms with van der Waals surface area (Å²) in [6.07, 6.45) is 2.27. The molecule has 0 unspecified atom stereocenters. The van der Waals surface area contributed by atoms with Crippen molar-refractivity contribution in [3.05, 3.63) is 30.0 Å². The Morgan fingerprint density at radius 2 is 2.00 bits per heavy atom. The molecule has 0 saturated carbocycles. The minimum atomic E-state index is 0.417. The van der Waals surface area contributed by atoms with Gasteiger partial charge in [0.25, 0.3) is 0 Å². The van der Waals surface area contributed by atoms with Gasteiger partial charge in [-0.3, -0.25) is 4.90 Å². The van der Waals surface area contributed by atoms with Crippen LogP contribution in [0.15, 0.2) is 24.4 Å². The number of aromatic nitrogens is 1. The number of ether oxygens (including phenoxy) is 1. The van der Waals surface area contributed by atoms with Crippen LogP contribution in [0.25, 0.3) is 10.9 Å². The summed E-state index contributed by atoms with van der Waals surface area (Å²) >= 11 is 0. The van der Waals surface area contributed by atoms with Crippen molar-refractivity contribution < 1.29 is 4.74 Å². The van der Waals surface area contributed by atoms with E-state index in [0.29, 0.717) is 6.04 Å². The number of hydrogen-bond acceptors (Lipinski definition) is 3. The average Bonchev–Trinajstić information content (AvgIpc) is 2.81. The number of nitrogens with two attached hydrogens (primary N) is 1. The lowest BCUT2D eigenvalue weighted by Crippen LogP contribution is -2.35. The third kappa shape index (κ3) is 2.41. The van der Waals surface area contributed by atoms with Crippen LogP contribution in [0.1, 0.15) is 25.5 Å². The lowest BCUT2D eigenvalue weighted by molar-refractivity contribution is 0.0343. The summed E-state index contributed by atoms with van der Waals surface area (Å²) in [5.41, 5.74) is 9.59. The molecule has 4 heteroatoms. The summed E-state index contributed by atoms with van der Waals surface area (Å²) in [6.45, 7) is 9.07. The second-order valence-electron chi connectivity index (χ2n) is 5.79. The first-order valence-corrected chi connectivity index (χ1v) is 7.35. The molecule has 1 fully saturated rings. The molecule has 0 aliphatic carbocycles. The number of nitrogen functional groups attached to an aromatic ring is 1. The topological polar surface area (TPSA) is 43.4 Å². The summed E-state index contributed by atoms with van der Waals surface area (Å²) in [6, 6.07) is 6.63. The van der Waals surface area contributed by atoms with Gasteiger partial charge in [0.2, 0.25) is 0 Å². The van der Waals surface area contributed by atoms with Gasteiger partial charge in [-0.15, -0.1) is 0 Å². The van der Waals surface area contributed by atoms with Gasteiger partial charge in [-0.05, 0) is 25.5 Å². The van der Waals surface area contributed by atoms with Crippen molar-refractivity contribution >= 4 is 16.6 Å². The molecule has 2 heterocycles. The Kier molecular flexibility index (Phi) is 3.68. The Labute approximate surface area is 120 Å². The molecule has 1 aliphatic heterocycles. The van der Waals surface area contributed by atoms with Crippen molar-refractivity contribution in [1.29, 1.82) is 0 Å². The number of hydrogen-bond donors (Lipinski definition) is 1. The predicted octanol–water partition coefficient (Wildman–Crippen LogP) is 2.64. The first kappa shape index (κ1) is 13.5. The number of anilines is 1. The van der Waals surface area contributed by atoms with Crippen LogP contribution in [0.3, 0.4) is 0 Å². The maximum Gasteiger partial charge on any atom is 0.0719 e. The highest BCUT2D eigenvalue weighted by atomic mass is 16.5. The van der Waals surface area contributed by atoms with Gasteiger partial charge in [0.1, 0.15) is 0 Å². The van der Waals surface area contributed by atoms with Gasteiger partial charge in [-0.25, -0.2) is 0 Å². The summed E-state index contributed by atoms with van der Waals surface area (Å²) in [4.78, 5) is 2.45. The zero-order chi connectivity index (χ0) is 14.1. The number of benzene rings is 1. The molecule has 1 saturated heterocycles. The molecule has 0 atom stereocenters. The van der Waals surface area contributed by atoms with Crippen LogP contribution in [0.2, 0.25) is 0 Å². The molecular formula is C16H23N3O. The van der Waals surface area contributed by atoms with Gasteiger partial charge in [-0.1, -0.05) is 12.1 Å². The Morgan fingerprint density at radius 1 is 1.25 bits per heavy atom. The zero-order valence-corrected chi connectivity index (χ0v) is 12.3. The van der Waals surface area contributed by atoms with E-state index in [0.717, 1.165) is 38.5 Å². The van der Waals surface area contributed by atoms with Gasteiger partial charge >= 0.3 is 0 Å². The highest BCUT2D eigenvalue weighted by Crippen LogP contribution is 2.30. The van der Waals surface area contributed by atoms with Crippen molar-refractivity contribution in [2.45, 2.75) is 26.4 Å². The van der Waals surface area contributed by atoms with Crippen molar-refractivity contribution in [2.75, 3.05) is 32.0 Å². The predicted molar refractivity (Wildman–Crippen MR) is 82.8 cm³/mol. The number of fused-ring (bicyclic) bond motifs is 1. The molecule has 4 nitrogen and oxygen atoms in total. The zero-order valence-electron chi connectivity index (χ0n) is 12.3. The maximum atomic E-state index is 6.19. The SMILES string of the molecule is CC(C)n1cc(CN2CCOCC2)c2cccc(N)c21. The minimum Gasteiger partial charge on any atom is -0.397 e. The molecule has 0 amide bonds. The smallest absolute Gasteiger partial charge is 0.0719 e. The normalized spacial score (nSPS) is 17.1. The van der Waals surface area contributed by atoms with E-state index in [-0.39, 0.29) is 0 Å². The van der Waals surface area contributed by atoms with E-state index in [1.165, 1.54) is 16.5 Å². The number of rotatable bonds is 3. The third-order valence-corrected chi connectivity index (χ3v) is 4.02. The van der Waals surface area contributed by atoms with Crippen LogP contribution in [0.5, 0.6) is 0 Å². The molecule has 1 aromatic carbocycles. The molecule has 0 spiro atoms. The Morgan fingerprint density at radius 3 is 2.70 bits per heavy atom. The van der Waals surface area contributed by atoms with Gasteiger partial charge < -0.3 is 15.0 Å². The van der Waals surface area contributed by atoms with Crippen LogP contribution < -0.4 is 5.73 Å². The molecule has 108 valence electrons. The molecule has 2 N–H and O–H groups in total. The van der Waals surface area contributed by atoms with Crippen molar-refractivity contribution in [3.63, 3.8) is 0 Å². The number of morpholine rings is 1. The molecule has 0 radical (unpaired) electrons. The van der Waals surface area contributed by atoms with Crippen molar-refractivity contribution in [1.82, 2.24) is 9.47 Å². The van der Waals surface area contributed by atoms with Gasteiger partial charge in [-0.2, -0.15) is 0 Å². The lowest BCUT2D eigenvalue weighted by Gasteiger charge is -2.26. The third-order valence-electron chi connectivity index (χ3n) is 4.02. The number of para-hydroxylation sites is 1. The molecule has 1 aliphatic rings. The Bertz CT molecular complexity index is 597. The Balaban J connectivity index is 2.00. The fourth-order valence-corrected chi connectivity index (χ4v) is 2.94. The first-order chi connectivity index (χ1) is 9.66. The summed E-state index contributed by atoms with van der Waals surface area (Å²) in [5, 5.41) is 1.28. The summed E-state index contributed by atoms with van der Waals surface area (Å²) in [7, 11) is 0. The van der Waals surface area contributed by atoms with E-state index in [1.807, 2.05) is 12.1 Å². The second-order valence-corrected chi connectivity index (χ2v) is 5.79. The molecule has 0 bridgehead atoms. The van der Waals surface area contributed by atoms with E-state index in [1.54, 1.807) is 0 Å². The monoisotopic (exact) mass is 273 g/mol.